The molecule has 1 N–H and O–H groups in total. The summed E-state index contributed by atoms with van der Waals surface area (Å²) in [6.45, 7) is 4.45. The summed E-state index contributed by atoms with van der Waals surface area (Å²) in [5.41, 5.74) is 0.498. The van der Waals surface area contributed by atoms with Crippen molar-refractivity contribution in [3.63, 3.8) is 0 Å². The van der Waals surface area contributed by atoms with Crippen LogP contribution in [-0.2, 0) is 11.3 Å². The van der Waals surface area contributed by atoms with E-state index in [1.807, 2.05) is 12.1 Å². The Morgan fingerprint density at radius 1 is 1.33 bits per heavy atom. The van der Waals surface area contributed by atoms with Crippen LogP contribution in [0.2, 0.25) is 4.34 Å². The normalized spacial score (nSPS) is 10.2. The summed E-state index contributed by atoms with van der Waals surface area (Å²) in [4.78, 5) is 27.1. The van der Waals surface area contributed by atoms with Crippen molar-refractivity contribution in [1.82, 2.24) is 10.2 Å². The maximum Gasteiger partial charge on any atom is 0.251 e. The second-order valence-corrected chi connectivity index (χ2v) is 7.68. The van der Waals surface area contributed by atoms with Crippen molar-refractivity contribution in [2.24, 2.45) is 0 Å². The average molecular weight is 428 g/mol. The van der Waals surface area contributed by atoms with Gasteiger partial charge in [0.15, 0.2) is 0 Å². The molecule has 0 bridgehead atoms. The molecule has 7 heteroatoms. The van der Waals surface area contributed by atoms with Crippen LogP contribution in [0.5, 0.6) is 0 Å². The lowest BCUT2D eigenvalue weighted by Crippen LogP contribution is -2.39. The van der Waals surface area contributed by atoms with Gasteiger partial charge in [-0.25, -0.2) is 0 Å². The van der Waals surface area contributed by atoms with E-state index in [2.05, 4.69) is 27.8 Å². The number of carbonyl (C=O) groups excluding carboxylic acids is 2. The number of hydrogen-bond acceptors (Lipinski definition) is 3. The molecular formula is C17H16BrClN2O2S. The average Bonchev–Trinajstić information content (AvgIpc) is 2.97. The van der Waals surface area contributed by atoms with E-state index in [1.54, 1.807) is 35.2 Å². The van der Waals surface area contributed by atoms with Gasteiger partial charge in [-0.1, -0.05) is 39.7 Å². The standard InChI is InChI=1S/C17H16BrClN2O2S/c1-2-8-21(11-14-6-7-15(19)24-14)16(22)10-20-17(23)12-4-3-5-13(18)9-12/h2-7,9H,1,8,10-11H2,(H,20,23). The number of rotatable bonds is 7. The third kappa shape index (κ3) is 5.47. The van der Waals surface area contributed by atoms with E-state index in [0.717, 1.165) is 9.35 Å². The van der Waals surface area contributed by atoms with Crippen LogP contribution in [-0.4, -0.2) is 29.8 Å². The SMILES string of the molecule is C=CCN(Cc1ccc(Cl)s1)C(=O)CNC(=O)c1cccc(Br)c1. The topological polar surface area (TPSA) is 49.4 Å². The molecule has 0 atom stereocenters. The number of benzene rings is 1. The minimum absolute atomic E-state index is 0.0711. The van der Waals surface area contributed by atoms with Crippen LogP contribution in [0.4, 0.5) is 0 Å². The molecule has 2 aromatic rings. The first kappa shape index (κ1) is 18.7. The molecule has 0 aliphatic carbocycles. The number of thiophene rings is 1. The number of hydrogen-bond donors (Lipinski definition) is 1. The maximum atomic E-state index is 12.4. The highest BCUT2D eigenvalue weighted by Crippen LogP contribution is 2.22. The van der Waals surface area contributed by atoms with Gasteiger partial charge >= 0.3 is 0 Å². The minimum Gasteiger partial charge on any atom is -0.343 e. The highest BCUT2D eigenvalue weighted by atomic mass is 79.9. The summed E-state index contributed by atoms with van der Waals surface area (Å²) in [5, 5.41) is 2.65. The zero-order valence-electron chi connectivity index (χ0n) is 12.8. The second-order valence-electron chi connectivity index (χ2n) is 4.96. The van der Waals surface area contributed by atoms with Gasteiger partial charge in [0.2, 0.25) is 5.91 Å². The van der Waals surface area contributed by atoms with Crippen molar-refractivity contribution in [3.05, 3.63) is 68.3 Å². The van der Waals surface area contributed by atoms with Crippen LogP contribution >= 0.6 is 38.9 Å². The molecule has 0 unspecified atom stereocenters. The number of nitrogens with one attached hydrogen (secondary N) is 1. The molecule has 1 aromatic carbocycles. The lowest BCUT2D eigenvalue weighted by atomic mass is 10.2. The number of amides is 2. The Hall–Kier alpha value is -1.63. The van der Waals surface area contributed by atoms with Gasteiger partial charge in [-0.05, 0) is 30.3 Å². The van der Waals surface area contributed by atoms with Crippen LogP contribution in [0.15, 0.2) is 53.5 Å². The van der Waals surface area contributed by atoms with Gasteiger partial charge in [-0.15, -0.1) is 17.9 Å². The molecule has 0 spiro atoms. The van der Waals surface area contributed by atoms with Crippen molar-refractivity contribution >= 4 is 50.7 Å². The Morgan fingerprint density at radius 3 is 2.75 bits per heavy atom. The highest BCUT2D eigenvalue weighted by Gasteiger charge is 2.15. The van der Waals surface area contributed by atoms with Crippen LogP contribution in [0.25, 0.3) is 0 Å². The van der Waals surface area contributed by atoms with Gasteiger partial charge in [0.25, 0.3) is 5.91 Å². The molecule has 2 rings (SSSR count). The summed E-state index contributed by atoms with van der Waals surface area (Å²) in [7, 11) is 0. The van der Waals surface area contributed by atoms with Crippen molar-refractivity contribution in [1.29, 1.82) is 0 Å². The molecular weight excluding hydrogens is 412 g/mol. The first-order valence-corrected chi connectivity index (χ1v) is 9.15. The van der Waals surface area contributed by atoms with Crippen molar-refractivity contribution in [2.75, 3.05) is 13.1 Å². The van der Waals surface area contributed by atoms with Gasteiger partial charge in [0, 0.05) is 21.5 Å². The molecule has 2 amide bonds. The molecule has 0 aliphatic rings. The van der Waals surface area contributed by atoms with Gasteiger partial charge in [0.05, 0.1) is 17.4 Å². The fourth-order valence-electron chi connectivity index (χ4n) is 2.03. The third-order valence-corrected chi connectivity index (χ3v) is 4.87. The minimum atomic E-state index is -0.289. The Bertz CT molecular complexity index is 748. The fraction of sp³-hybridized carbons (Fsp3) is 0.176. The van der Waals surface area contributed by atoms with Crippen molar-refractivity contribution in [2.45, 2.75) is 6.54 Å². The van der Waals surface area contributed by atoms with E-state index in [1.165, 1.54) is 11.3 Å². The first-order chi connectivity index (χ1) is 11.5. The molecule has 4 nitrogen and oxygen atoms in total. The molecule has 1 aromatic heterocycles. The summed E-state index contributed by atoms with van der Waals surface area (Å²) in [5.74, 6) is -0.467. The molecule has 126 valence electrons. The highest BCUT2D eigenvalue weighted by molar-refractivity contribution is 9.10. The van der Waals surface area contributed by atoms with Gasteiger partial charge in [-0.2, -0.15) is 0 Å². The van der Waals surface area contributed by atoms with E-state index >= 15 is 0 Å². The summed E-state index contributed by atoms with van der Waals surface area (Å²) in [6.07, 6.45) is 1.66. The molecule has 24 heavy (non-hydrogen) atoms. The third-order valence-electron chi connectivity index (χ3n) is 3.16. The van der Waals surface area contributed by atoms with E-state index in [9.17, 15) is 9.59 Å². The summed E-state index contributed by atoms with van der Waals surface area (Å²) < 4.78 is 1.49. The van der Waals surface area contributed by atoms with E-state index in [-0.39, 0.29) is 18.4 Å². The van der Waals surface area contributed by atoms with E-state index in [0.29, 0.717) is 23.0 Å². The fourth-order valence-corrected chi connectivity index (χ4v) is 3.54. The van der Waals surface area contributed by atoms with Crippen LogP contribution in [0.3, 0.4) is 0 Å². The number of halogens is 2. The van der Waals surface area contributed by atoms with Gasteiger partial charge in [0.1, 0.15) is 0 Å². The zero-order valence-corrected chi connectivity index (χ0v) is 16.0. The maximum absolute atomic E-state index is 12.4. The largest absolute Gasteiger partial charge is 0.343 e. The predicted octanol–water partition coefficient (Wildman–Crippen LogP) is 4.11. The van der Waals surface area contributed by atoms with Crippen LogP contribution < -0.4 is 5.32 Å². The van der Waals surface area contributed by atoms with Crippen LogP contribution in [0, 0.1) is 0 Å². The van der Waals surface area contributed by atoms with Crippen LogP contribution in [0.1, 0.15) is 15.2 Å². The molecule has 0 saturated carbocycles. The molecule has 0 saturated heterocycles. The summed E-state index contributed by atoms with van der Waals surface area (Å²) in [6, 6.07) is 10.7. The Balaban J connectivity index is 1.94. The Kier molecular flexibility index (Phi) is 7.02. The summed E-state index contributed by atoms with van der Waals surface area (Å²) >= 11 is 10.7. The quantitative estimate of drug-likeness (QED) is 0.676. The number of nitrogens with zero attached hydrogens (tertiary/aromatic N) is 1. The second kappa shape index (κ2) is 9.01. The predicted molar refractivity (Wildman–Crippen MR) is 101 cm³/mol. The molecule has 0 fully saturated rings. The number of carbonyl (C=O) groups is 2. The lowest BCUT2D eigenvalue weighted by molar-refractivity contribution is -0.130. The zero-order chi connectivity index (χ0) is 17.5. The smallest absolute Gasteiger partial charge is 0.251 e. The Morgan fingerprint density at radius 2 is 2.12 bits per heavy atom. The Labute approximate surface area is 158 Å². The molecule has 0 aliphatic heterocycles. The molecule has 1 heterocycles. The van der Waals surface area contributed by atoms with Gasteiger partial charge in [-0.3, -0.25) is 9.59 Å². The first-order valence-electron chi connectivity index (χ1n) is 7.16. The van der Waals surface area contributed by atoms with E-state index < -0.39 is 0 Å². The lowest BCUT2D eigenvalue weighted by Gasteiger charge is -2.20. The monoisotopic (exact) mass is 426 g/mol. The van der Waals surface area contributed by atoms with E-state index in [4.69, 9.17) is 11.6 Å². The molecule has 0 radical (unpaired) electrons. The van der Waals surface area contributed by atoms with Gasteiger partial charge < -0.3 is 10.2 Å². The van der Waals surface area contributed by atoms with Crippen molar-refractivity contribution < 1.29 is 9.59 Å². The van der Waals surface area contributed by atoms with Crippen molar-refractivity contribution in [3.8, 4) is 0 Å².